The minimum atomic E-state index is 0.700. The molecule has 0 spiro atoms. The van der Waals surface area contributed by atoms with Crippen molar-refractivity contribution in [2.24, 2.45) is 0 Å². The lowest BCUT2D eigenvalue weighted by Gasteiger charge is -2.07. The molecule has 1 aromatic rings. The third kappa shape index (κ3) is 6.13. The molecule has 0 atom stereocenters. The fourth-order valence-electron chi connectivity index (χ4n) is 1.44. The number of ether oxygens (including phenoxy) is 1. The van der Waals surface area contributed by atoms with Crippen molar-refractivity contribution in [3.05, 3.63) is 28.7 Å². The molecule has 0 aromatic heterocycles. The molecule has 0 aliphatic rings. The van der Waals surface area contributed by atoms with Crippen LogP contribution >= 0.6 is 15.9 Å². The van der Waals surface area contributed by atoms with Crippen molar-refractivity contribution in [3.8, 4) is 5.75 Å². The van der Waals surface area contributed by atoms with E-state index in [1.807, 2.05) is 24.3 Å². The van der Waals surface area contributed by atoms with Crippen LogP contribution < -0.4 is 10.1 Å². The molecule has 1 rings (SSSR count). The second-order valence-electron chi connectivity index (χ2n) is 4.28. The van der Waals surface area contributed by atoms with Crippen molar-refractivity contribution in [2.75, 3.05) is 13.2 Å². The van der Waals surface area contributed by atoms with Gasteiger partial charge in [-0.05, 0) is 44.9 Å². The maximum Gasteiger partial charge on any atom is 0.120 e. The first-order valence-electron chi connectivity index (χ1n) is 5.90. The largest absolute Gasteiger partial charge is 0.494 e. The summed E-state index contributed by atoms with van der Waals surface area (Å²) in [5, 5.41) is 2.36. The highest BCUT2D eigenvalue weighted by atomic mass is 79.9. The molecule has 16 heavy (non-hydrogen) atoms. The zero-order valence-electron chi connectivity index (χ0n) is 10.1. The van der Waals surface area contributed by atoms with Gasteiger partial charge < -0.3 is 10.1 Å². The quantitative estimate of drug-likeness (QED) is 0.766. The molecule has 0 fully saturated rings. The van der Waals surface area contributed by atoms with Crippen molar-refractivity contribution in [2.45, 2.75) is 32.7 Å². The van der Waals surface area contributed by atoms with Crippen LogP contribution in [-0.4, -0.2) is 19.2 Å². The Labute approximate surface area is 107 Å². The molecular weight excluding hydrogens is 266 g/mol. The molecular formula is C13H21BrNO+. The van der Waals surface area contributed by atoms with Crippen LogP contribution in [0.5, 0.6) is 5.75 Å². The van der Waals surface area contributed by atoms with Crippen LogP contribution in [0.2, 0.25) is 0 Å². The van der Waals surface area contributed by atoms with Gasteiger partial charge in [0, 0.05) is 4.47 Å². The van der Waals surface area contributed by atoms with Crippen molar-refractivity contribution < 1.29 is 10.1 Å². The van der Waals surface area contributed by atoms with Crippen LogP contribution in [0, 0.1) is 0 Å². The van der Waals surface area contributed by atoms with E-state index in [4.69, 9.17) is 4.74 Å². The molecule has 3 heteroatoms. The lowest BCUT2D eigenvalue weighted by molar-refractivity contribution is -0.683. The molecule has 0 unspecified atom stereocenters. The van der Waals surface area contributed by atoms with E-state index in [9.17, 15) is 0 Å². The van der Waals surface area contributed by atoms with Crippen molar-refractivity contribution in [1.29, 1.82) is 0 Å². The predicted molar refractivity (Wildman–Crippen MR) is 70.8 cm³/mol. The Morgan fingerprint density at radius 2 is 2.12 bits per heavy atom. The van der Waals surface area contributed by atoms with Gasteiger partial charge in [-0.1, -0.05) is 22.0 Å². The lowest BCUT2D eigenvalue weighted by atomic mass is 10.3. The summed E-state index contributed by atoms with van der Waals surface area (Å²) in [4.78, 5) is 0. The van der Waals surface area contributed by atoms with Gasteiger partial charge in [0.2, 0.25) is 0 Å². The number of hydrogen-bond acceptors (Lipinski definition) is 1. The van der Waals surface area contributed by atoms with Crippen LogP contribution in [0.1, 0.15) is 26.7 Å². The molecule has 0 heterocycles. The summed E-state index contributed by atoms with van der Waals surface area (Å²) < 4.78 is 6.72. The molecule has 90 valence electrons. The Hall–Kier alpha value is -0.540. The number of hydrogen-bond donors (Lipinski definition) is 1. The number of halogens is 1. The summed E-state index contributed by atoms with van der Waals surface area (Å²) in [5.74, 6) is 0.946. The number of rotatable bonds is 7. The minimum Gasteiger partial charge on any atom is -0.494 e. The monoisotopic (exact) mass is 286 g/mol. The predicted octanol–water partition coefficient (Wildman–Crippen LogP) is 2.58. The number of quaternary nitrogens is 1. The van der Waals surface area contributed by atoms with E-state index in [1.54, 1.807) is 0 Å². The van der Waals surface area contributed by atoms with Crippen molar-refractivity contribution in [1.82, 2.24) is 0 Å². The number of unbranched alkanes of at least 4 members (excludes halogenated alkanes) is 1. The lowest BCUT2D eigenvalue weighted by Crippen LogP contribution is -2.88. The van der Waals surface area contributed by atoms with E-state index in [-0.39, 0.29) is 0 Å². The summed E-state index contributed by atoms with van der Waals surface area (Å²) in [5.41, 5.74) is 0. The minimum absolute atomic E-state index is 0.700. The summed E-state index contributed by atoms with van der Waals surface area (Å²) in [7, 11) is 0. The van der Waals surface area contributed by atoms with Gasteiger partial charge in [0.15, 0.2) is 0 Å². The van der Waals surface area contributed by atoms with Gasteiger partial charge >= 0.3 is 0 Å². The smallest absolute Gasteiger partial charge is 0.120 e. The standard InChI is InChI=1S/C13H20BrNO/c1-11(2)15-8-3-4-9-16-13-7-5-6-12(14)10-13/h5-7,10-11,15H,3-4,8-9H2,1-2H3/p+1. The van der Waals surface area contributed by atoms with Gasteiger partial charge in [0.25, 0.3) is 0 Å². The maximum atomic E-state index is 5.65. The summed E-state index contributed by atoms with van der Waals surface area (Å²) in [6.07, 6.45) is 2.34. The number of benzene rings is 1. The molecule has 0 bridgehead atoms. The van der Waals surface area contributed by atoms with E-state index >= 15 is 0 Å². The van der Waals surface area contributed by atoms with Crippen LogP contribution in [0.25, 0.3) is 0 Å². The van der Waals surface area contributed by atoms with Crippen molar-refractivity contribution in [3.63, 3.8) is 0 Å². The fraction of sp³-hybridized carbons (Fsp3) is 0.538. The van der Waals surface area contributed by atoms with Gasteiger partial charge in [-0.2, -0.15) is 0 Å². The van der Waals surface area contributed by atoms with E-state index < -0.39 is 0 Å². The summed E-state index contributed by atoms with van der Waals surface area (Å²) >= 11 is 3.43. The Bertz CT molecular complexity index is 302. The molecule has 2 nitrogen and oxygen atoms in total. The second kappa shape index (κ2) is 7.69. The van der Waals surface area contributed by atoms with E-state index in [0.717, 1.165) is 23.2 Å². The SMILES string of the molecule is CC(C)[NH2+]CCCCOc1cccc(Br)c1. The molecule has 0 aliphatic carbocycles. The van der Waals surface area contributed by atoms with Gasteiger partial charge in [0.05, 0.1) is 19.2 Å². The zero-order valence-corrected chi connectivity index (χ0v) is 11.7. The third-order valence-corrected chi connectivity index (χ3v) is 2.79. The van der Waals surface area contributed by atoms with Crippen LogP contribution in [0.3, 0.4) is 0 Å². The highest BCUT2D eigenvalue weighted by Crippen LogP contribution is 2.17. The molecule has 1 aromatic carbocycles. The first kappa shape index (κ1) is 13.5. The Balaban J connectivity index is 2.07. The van der Waals surface area contributed by atoms with Crippen molar-refractivity contribution >= 4 is 15.9 Å². The molecule has 0 radical (unpaired) electrons. The van der Waals surface area contributed by atoms with Gasteiger partial charge in [-0.25, -0.2) is 0 Å². The first-order chi connectivity index (χ1) is 7.68. The van der Waals surface area contributed by atoms with Crippen LogP contribution in [-0.2, 0) is 0 Å². The van der Waals surface area contributed by atoms with Crippen LogP contribution in [0.15, 0.2) is 28.7 Å². The van der Waals surface area contributed by atoms with E-state index in [2.05, 4.69) is 35.1 Å². The topological polar surface area (TPSA) is 25.8 Å². The highest BCUT2D eigenvalue weighted by Gasteiger charge is 1.97. The van der Waals surface area contributed by atoms with Gasteiger partial charge in [-0.3, -0.25) is 0 Å². The first-order valence-corrected chi connectivity index (χ1v) is 6.69. The average Bonchev–Trinajstić information content (AvgIpc) is 2.23. The Morgan fingerprint density at radius 1 is 1.31 bits per heavy atom. The third-order valence-electron chi connectivity index (χ3n) is 2.30. The average molecular weight is 287 g/mol. The Morgan fingerprint density at radius 3 is 2.81 bits per heavy atom. The number of nitrogens with two attached hydrogens (primary N) is 1. The molecule has 0 saturated carbocycles. The van der Waals surface area contributed by atoms with Crippen LogP contribution in [0.4, 0.5) is 0 Å². The zero-order chi connectivity index (χ0) is 11.8. The Kier molecular flexibility index (Phi) is 6.50. The summed E-state index contributed by atoms with van der Waals surface area (Å²) in [6, 6.07) is 8.69. The normalized spacial score (nSPS) is 10.8. The molecule has 2 N–H and O–H groups in total. The maximum absolute atomic E-state index is 5.65. The molecule has 0 aliphatic heterocycles. The van der Waals surface area contributed by atoms with Gasteiger partial charge in [0.1, 0.15) is 5.75 Å². The highest BCUT2D eigenvalue weighted by molar-refractivity contribution is 9.10. The molecule has 0 saturated heterocycles. The van der Waals surface area contributed by atoms with Gasteiger partial charge in [-0.15, -0.1) is 0 Å². The second-order valence-corrected chi connectivity index (χ2v) is 5.20. The van der Waals surface area contributed by atoms with E-state index in [0.29, 0.717) is 6.04 Å². The van der Waals surface area contributed by atoms with E-state index in [1.165, 1.54) is 13.0 Å². The fourth-order valence-corrected chi connectivity index (χ4v) is 1.82. The molecule has 0 amide bonds. The summed E-state index contributed by atoms with van der Waals surface area (Å²) in [6.45, 7) is 6.44.